The minimum absolute atomic E-state index is 0.0568. The van der Waals surface area contributed by atoms with Gasteiger partial charge in [0.05, 0.1) is 5.25 Å². The van der Waals surface area contributed by atoms with E-state index in [1.165, 1.54) is 12.1 Å². The number of carbonyl (C=O) groups excluding carboxylic acids is 1. The molecule has 114 valence electrons. The number of fused-ring (bicyclic) bond motifs is 1. The van der Waals surface area contributed by atoms with Gasteiger partial charge in [0, 0.05) is 23.2 Å². The van der Waals surface area contributed by atoms with Crippen LogP contribution in [-0.4, -0.2) is 17.7 Å². The van der Waals surface area contributed by atoms with Gasteiger partial charge in [-0.1, -0.05) is 18.2 Å². The predicted octanol–water partition coefficient (Wildman–Crippen LogP) is 4.03. The maximum absolute atomic E-state index is 13.7. The van der Waals surface area contributed by atoms with Crippen LogP contribution in [0.4, 0.5) is 14.5 Å². The van der Waals surface area contributed by atoms with Gasteiger partial charge in [-0.3, -0.25) is 4.79 Å². The van der Waals surface area contributed by atoms with E-state index in [9.17, 15) is 13.6 Å². The third-order valence-corrected chi connectivity index (χ3v) is 4.84. The van der Waals surface area contributed by atoms with E-state index in [0.717, 1.165) is 35.5 Å². The second kappa shape index (κ2) is 6.08. The van der Waals surface area contributed by atoms with Crippen molar-refractivity contribution in [2.75, 3.05) is 11.4 Å². The molecule has 1 amide bonds. The fourth-order valence-corrected chi connectivity index (χ4v) is 3.53. The number of nitrogens with zero attached hydrogens (tertiary/aromatic N) is 1. The Hall–Kier alpha value is -1.88. The largest absolute Gasteiger partial charge is 0.311 e. The summed E-state index contributed by atoms with van der Waals surface area (Å²) in [4.78, 5) is 14.6. The van der Waals surface area contributed by atoms with Crippen molar-refractivity contribution < 1.29 is 13.6 Å². The number of thioether (sulfide) groups is 1. The Morgan fingerprint density at radius 1 is 1.23 bits per heavy atom. The van der Waals surface area contributed by atoms with Crippen molar-refractivity contribution >= 4 is 23.4 Å². The fraction of sp³-hybridized carbons (Fsp3) is 0.235. The molecule has 0 radical (unpaired) electrons. The van der Waals surface area contributed by atoms with Gasteiger partial charge in [0.2, 0.25) is 5.91 Å². The first-order chi connectivity index (χ1) is 10.6. The lowest BCUT2D eigenvalue weighted by molar-refractivity contribution is -0.117. The zero-order valence-corrected chi connectivity index (χ0v) is 12.9. The molecule has 5 heteroatoms. The summed E-state index contributed by atoms with van der Waals surface area (Å²) in [5, 5.41) is -0.439. The molecule has 3 rings (SSSR count). The summed E-state index contributed by atoms with van der Waals surface area (Å²) in [6, 6.07) is 11.2. The molecule has 22 heavy (non-hydrogen) atoms. The van der Waals surface area contributed by atoms with Crippen LogP contribution in [0.1, 0.15) is 12.5 Å². The number of para-hydroxylation sites is 1. The summed E-state index contributed by atoms with van der Waals surface area (Å²) in [6.45, 7) is 2.39. The Bertz CT molecular complexity index is 720. The summed E-state index contributed by atoms with van der Waals surface area (Å²) in [6.07, 6.45) is 0.838. The monoisotopic (exact) mass is 319 g/mol. The number of anilines is 1. The molecule has 0 saturated carbocycles. The molecule has 1 aliphatic heterocycles. The van der Waals surface area contributed by atoms with Crippen molar-refractivity contribution in [2.45, 2.75) is 23.5 Å². The van der Waals surface area contributed by atoms with Crippen LogP contribution in [0.5, 0.6) is 0 Å². The summed E-state index contributed by atoms with van der Waals surface area (Å²) in [5.41, 5.74) is 2.08. The van der Waals surface area contributed by atoms with Crippen LogP contribution in [0.2, 0.25) is 0 Å². The van der Waals surface area contributed by atoms with Gasteiger partial charge in [-0.25, -0.2) is 8.78 Å². The third-order valence-electron chi connectivity index (χ3n) is 3.70. The van der Waals surface area contributed by atoms with Gasteiger partial charge in [0.15, 0.2) is 0 Å². The third kappa shape index (κ3) is 2.86. The van der Waals surface area contributed by atoms with Gasteiger partial charge in [0.25, 0.3) is 0 Å². The first-order valence-corrected chi connectivity index (χ1v) is 7.95. The van der Waals surface area contributed by atoms with Gasteiger partial charge in [-0.05, 0) is 37.1 Å². The first-order valence-electron chi connectivity index (χ1n) is 7.07. The average molecular weight is 319 g/mol. The Kier molecular flexibility index (Phi) is 4.16. The minimum atomic E-state index is -0.633. The maximum Gasteiger partial charge on any atom is 0.240 e. The van der Waals surface area contributed by atoms with Crippen molar-refractivity contribution in [1.82, 2.24) is 0 Å². The van der Waals surface area contributed by atoms with Gasteiger partial charge in [0.1, 0.15) is 11.6 Å². The average Bonchev–Trinajstić information content (AvgIpc) is 2.93. The van der Waals surface area contributed by atoms with Crippen molar-refractivity contribution in [2.24, 2.45) is 0 Å². The van der Waals surface area contributed by atoms with E-state index in [-0.39, 0.29) is 10.8 Å². The number of benzene rings is 2. The van der Waals surface area contributed by atoms with E-state index in [1.54, 1.807) is 11.8 Å². The topological polar surface area (TPSA) is 20.3 Å². The highest BCUT2D eigenvalue weighted by Gasteiger charge is 2.28. The molecule has 1 unspecified atom stereocenters. The molecule has 0 aromatic heterocycles. The van der Waals surface area contributed by atoms with E-state index in [0.29, 0.717) is 6.54 Å². The molecule has 0 saturated heterocycles. The number of carbonyl (C=O) groups is 1. The Morgan fingerprint density at radius 2 is 2.00 bits per heavy atom. The summed E-state index contributed by atoms with van der Waals surface area (Å²) < 4.78 is 26.6. The van der Waals surface area contributed by atoms with Crippen LogP contribution in [0.3, 0.4) is 0 Å². The molecule has 1 aliphatic rings. The van der Waals surface area contributed by atoms with Crippen molar-refractivity contribution in [3.63, 3.8) is 0 Å². The van der Waals surface area contributed by atoms with Gasteiger partial charge in [-0.15, -0.1) is 11.8 Å². The standard InChI is InChI=1S/C17H15F2NOS/c1-11(22-16-7-6-13(18)10-14(16)19)17(21)20-9-8-12-4-2-3-5-15(12)20/h2-7,10-11H,8-9H2,1H3. The van der Waals surface area contributed by atoms with Crippen LogP contribution in [0.15, 0.2) is 47.4 Å². The summed E-state index contributed by atoms with van der Waals surface area (Å²) >= 11 is 1.12. The van der Waals surface area contributed by atoms with Crippen molar-refractivity contribution in [3.8, 4) is 0 Å². The molecule has 0 bridgehead atoms. The molecule has 2 nitrogen and oxygen atoms in total. The van der Waals surface area contributed by atoms with E-state index in [1.807, 2.05) is 24.3 Å². The molecule has 2 aromatic carbocycles. The summed E-state index contributed by atoms with van der Waals surface area (Å²) in [7, 11) is 0. The number of halogens is 2. The molecule has 2 aromatic rings. The fourth-order valence-electron chi connectivity index (χ4n) is 2.60. The van der Waals surface area contributed by atoms with Crippen LogP contribution < -0.4 is 4.90 Å². The second-order valence-corrected chi connectivity index (χ2v) is 6.59. The first kappa shape index (κ1) is 15.0. The molecule has 0 spiro atoms. The zero-order valence-electron chi connectivity index (χ0n) is 12.1. The normalized spacial score (nSPS) is 14.8. The van der Waals surface area contributed by atoms with Gasteiger partial charge in [-0.2, -0.15) is 0 Å². The highest BCUT2D eigenvalue weighted by Crippen LogP contribution is 2.32. The highest BCUT2D eigenvalue weighted by molar-refractivity contribution is 8.00. The molecular formula is C17H15F2NOS. The molecular weight excluding hydrogens is 304 g/mol. The van der Waals surface area contributed by atoms with Crippen molar-refractivity contribution in [1.29, 1.82) is 0 Å². The predicted molar refractivity (Wildman–Crippen MR) is 84.2 cm³/mol. The molecule has 0 fully saturated rings. The quantitative estimate of drug-likeness (QED) is 0.796. The Balaban J connectivity index is 1.76. The van der Waals surface area contributed by atoms with Crippen LogP contribution in [0, 0.1) is 11.6 Å². The number of rotatable bonds is 3. The molecule has 1 heterocycles. The minimum Gasteiger partial charge on any atom is -0.311 e. The van der Waals surface area contributed by atoms with Gasteiger partial charge < -0.3 is 4.90 Å². The lowest BCUT2D eigenvalue weighted by Crippen LogP contribution is -2.35. The number of amides is 1. The number of hydrogen-bond donors (Lipinski definition) is 0. The number of hydrogen-bond acceptors (Lipinski definition) is 2. The SMILES string of the molecule is CC(Sc1ccc(F)cc1F)C(=O)N1CCc2ccccc21. The second-order valence-electron chi connectivity index (χ2n) is 5.20. The van der Waals surface area contributed by atoms with Crippen LogP contribution >= 0.6 is 11.8 Å². The van der Waals surface area contributed by atoms with Crippen molar-refractivity contribution in [3.05, 3.63) is 59.7 Å². The lowest BCUT2D eigenvalue weighted by atomic mass is 10.2. The molecule has 0 N–H and O–H groups in total. The van der Waals surface area contributed by atoms with E-state index in [2.05, 4.69) is 0 Å². The Labute approximate surface area is 132 Å². The van der Waals surface area contributed by atoms with E-state index >= 15 is 0 Å². The zero-order chi connectivity index (χ0) is 15.7. The van der Waals surface area contributed by atoms with Crippen LogP contribution in [-0.2, 0) is 11.2 Å². The van der Waals surface area contributed by atoms with E-state index in [4.69, 9.17) is 0 Å². The highest BCUT2D eigenvalue weighted by atomic mass is 32.2. The van der Waals surface area contributed by atoms with E-state index < -0.39 is 16.9 Å². The summed E-state index contributed by atoms with van der Waals surface area (Å²) in [5.74, 6) is -1.31. The smallest absolute Gasteiger partial charge is 0.240 e. The van der Waals surface area contributed by atoms with Gasteiger partial charge >= 0.3 is 0 Å². The van der Waals surface area contributed by atoms with Crippen LogP contribution in [0.25, 0.3) is 0 Å². The maximum atomic E-state index is 13.7. The molecule has 1 atom stereocenters. The lowest BCUT2D eigenvalue weighted by Gasteiger charge is -2.21. The molecule has 0 aliphatic carbocycles. The Morgan fingerprint density at radius 3 is 2.77 bits per heavy atom.